The Morgan fingerprint density at radius 1 is 1.02 bits per heavy atom. The molecule has 12 heteroatoms. The third kappa shape index (κ3) is 7.96. The molecule has 2 fully saturated rings. The molecular formula is C36H47N5O7. The fraction of sp³-hybridized carbons (Fsp3) is 0.556. The number of rotatable bonds is 8. The van der Waals surface area contributed by atoms with Gasteiger partial charge < -0.3 is 19.5 Å². The second-order valence-electron chi connectivity index (χ2n) is 14.5. The molecule has 1 aliphatic heterocycles. The lowest BCUT2D eigenvalue weighted by Crippen LogP contribution is -2.59. The molecule has 48 heavy (non-hydrogen) atoms. The number of hydrogen-bond acceptors (Lipinski definition) is 9. The van der Waals surface area contributed by atoms with Gasteiger partial charge in [-0.1, -0.05) is 57.0 Å². The van der Waals surface area contributed by atoms with Crippen molar-refractivity contribution in [2.24, 2.45) is 23.2 Å². The van der Waals surface area contributed by atoms with Crippen LogP contribution in [0.25, 0.3) is 5.65 Å². The van der Waals surface area contributed by atoms with Crippen molar-refractivity contribution in [1.82, 2.24) is 24.8 Å². The number of methoxy groups -OCH3 is 1. The zero-order chi connectivity index (χ0) is 34.6. The lowest BCUT2D eigenvalue weighted by atomic mass is 9.72. The van der Waals surface area contributed by atoms with Crippen LogP contribution in [0.3, 0.4) is 0 Å². The Bertz CT molecular complexity index is 1630. The largest absolute Gasteiger partial charge is 0.468 e. The normalized spacial score (nSPS) is 23.8. The molecule has 3 amide bonds. The number of benzene rings is 1. The van der Waals surface area contributed by atoms with E-state index in [9.17, 15) is 19.2 Å². The second kappa shape index (κ2) is 14.3. The minimum absolute atomic E-state index is 0.0837. The van der Waals surface area contributed by atoms with Crippen molar-refractivity contribution in [1.29, 1.82) is 0 Å². The SMILES string of the molecule is COC(=O)C1(Cc2ccc3nc([C@@H](NC(=O)OCc4ccccc4)C4CCC(C)CC4)cn3n2)CC(C)CN(C(=O)OC(C)(C)C)C1=O. The lowest BCUT2D eigenvalue weighted by molar-refractivity contribution is -0.168. The van der Waals surface area contributed by atoms with Gasteiger partial charge >= 0.3 is 18.2 Å². The molecule has 1 aliphatic carbocycles. The quantitative estimate of drug-likeness (QED) is 0.174. The number of nitrogens with zero attached hydrogens (tertiary/aromatic N) is 4. The van der Waals surface area contributed by atoms with Crippen LogP contribution in [0.2, 0.25) is 0 Å². The van der Waals surface area contributed by atoms with Gasteiger partial charge in [-0.2, -0.15) is 5.10 Å². The van der Waals surface area contributed by atoms with Gasteiger partial charge in [0, 0.05) is 13.0 Å². The van der Waals surface area contributed by atoms with Crippen molar-refractivity contribution in [2.45, 2.75) is 91.4 Å². The highest BCUT2D eigenvalue weighted by atomic mass is 16.6. The number of esters is 1. The summed E-state index contributed by atoms with van der Waals surface area (Å²) in [7, 11) is 1.23. The van der Waals surface area contributed by atoms with Crippen molar-refractivity contribution in [3.63, 3.8) is 0 Å². The molecule has 0 radical (unpaired) electrons. The van der Waals surface area contributed by atoms with E-state index in [-0.39, 0.29) is 37.8 Å². The van der Waals surface area contributed by atoms with E-state index in [2.05, 4.69) is 12.2 Å². The number of alkyl carbamates (subject to hydrolysis) is 1. The van der Waals surface area contributed by atoms with Crippen molar-refractivity contribution in [2.75, 3.05) is 13.7 Å². The highest BCUT2D eigenvalue weighted by Gasteiger charge is 2.55. The Hall–Kier alpha value is -4.48. The molecule has 1 saturated heterocycles. The molecular weight excluding hydrogens is 614 g/mol. The van der Waals surface area contributed by atoms with Gasteiger partial charge in [0.1, 0.15) is 12.2 Å². The molecule has 1 aromatic carbocycles. The number of fused-ring (bicyclic) bond motifs is 1. The Labute approximate surface area is 281 Å². The third-order valence-corrected chi connectivity index (χ3v) is 9.25. The van der Waals surface area contributed by atoms with Crippen LogP contribution >= 0.6 is 0 Å². The first-order valence-electron chi connectivity index (χ1n) is 16.7. The maximum Gasteiger partial charge on any atom is 0.417 e. The Morgan fingerprint density at radius 3 is 2.40 bits per heavy atom. The number of nitrogens with one attached hydrogen (secondary N) is 1. The summed E-state index contributed by atoms with van der Waals surface area (Å²) < 4.78 is 17.8. The van der Waals surface area contributed by atoms with Crippen molar-refractivity contribution in [3.8, 4) is 0 Å². The molecule has 3 aromatic rings. The number of amides is 3. The van der Waals surface area contributed by atoms with E-state index in [4.69, 9.17) is 24.3 Å². The molecule has 258 valence electrons. The fourth-order valence-electron chi connectivity index (χ4n) is 6.90. The monoisotopic (exact) mass is 661 g/mol. The van der Waals surface area contributed by atoms with Crippen LogP contribution in [0.5, 0.6) is 0 Å². The zero-order valence-electron chi connectivity index (χ0n) is 28.7. The molecule has 3 atom stereocenters. The fourth-order valence-corrected chi connectivity index (χ4v) is 6.90. The van der Waals surface area contributed by atoms with Crippen LogP contribution in [0.1, 0.15) is 89.7 Å². The van der Waals surface area contributed by atoms with Crippen LogP contribution in [-0.2, 0) is 36.8 Å². The van der Waals surface area contributed by atoms with E-state index < -0.39 is 41.1 Å². The first-order valence-corrected chi connectivity index (χ1v) is 16.7. The van der Waals surface area contributed by atoms with E-state index in [1.807, 2.05) is 37.3 Å². The minimum atomic E-state index is -1.67. The molecule has 2 aromatic heterocycles. The first-order chi connectivity index (χ1) is 22.8. The van der Waals surface area contributed by atoms with E-state index in [1.165, 1.54) is 7.11 Å². The summed E-state index contributed by atoms with van der Waals surface area (Å²) in [5.74, 6) is -0.802. The van der Waals surface area contributed by atoms with Crippen LogP contribution in [-0.4, -0.2) is 62.8 Å². The number of carbonyl (C=O) groups is 4. The van der Waals surface area contributed by atoms with Gasteiger partial charge in [-0.3, -0.25) is 9.59 Å². The van der Waals surface area contributed by atoms with Crippen LogP contribution < -0.4 is 5.32 Å². The van der Waals surface area contributed by atoms with Gasteiger partial charge in [-0.25, -0.2) is 24.0 Å². The highest BCUT2D eigenvalue weighted by molar-refractivity contribution is 6.08. The molecule has 2 unspecified atom stereocenters. The number of imide groups is 1. The van der Waals surface area contributed by atoms with Gasteiger partial charge in [0.15, 0.2) is 11.1 Å². The average molecular weight is 662 g/mol. The maximum absolute atomic E-state index is 14.0. The van der Waals surface area contributed by atoms with E-state index >= 15 is 0 Å². The van der Waals surface area contributed by atoms with Crippen LogP contribution in [0.15, 0.2) is 48.7 Å². The molecule has 3 heterocycles. The first kappa shape index (κ1) is 34.8. The number of ether oxygens (including phenoxy) is 3. The third-order valence-electron chi connectivity index (χ3n) is 9.25. The molecule has 12 nitrogen and oxygen atoms in total. The summed E-state index contributed by atoms with van der Waals surface area (Å²) in [6.45, 7) is 9.57. The molecule has 1 N–H and O–H groups in total. The smallest absolute Gasteiger partial charge is 0.417 e. The summed E-state index contributed by atoms with van der Waals surface area (Å²) in [5, 5.41) is 7.83. The van der Waals surface area contributed by atoms with Gasteiger partial charge in [0.2, 0.25) is 5.91 Å². The number of likely N-dealkylation sites (tertiary alicyclic amines) is 1. The number of piperidine rings is 1. The minimum Gasteiger partial charge on any atom is -0.468 e. The molecule has 5 rings (SSSR count). The number of carbonyl (C=O) groups excluding carboxylic acids is 4. The standard InChI is InChI=1S/C36H47N5O7/c1-23-12-14-26(15-13-23)30(38-33(44)47-22-25-10-8-7-9-11-25)28-21-41-29(37-28)17-16-27(39-41)19-36(32(43)46-6)18-24(2)20-40(31(36)42)34(45)48-35(3,4)5/h7-11,16-17,21,23-24,26,30H,12-15,18-20,22H2,1-6H3,(H,38,44)/t23?,24?,26?,30-,36?/m0/s1. The van der Waals surface area contributed by atoms with Gasteiger partial charge in [0.05, 0.1) is 30.7 Å². The lowest BCUT2D eigenvalue weighted by Gasteiger charge is -2.41. The summed E-state index contributed by atoms with van der Waals surface area (Å²) >= 11 is 0. The van der Waals surface area contributed by atoms with Gasteiger partial charge in [-0.15, -0.1) is 0 Å². The second-order valence-corrected chi connectivity index (χ2v) is 14.5. The summed E-state index contributed by atoms with van der Waals surface area (Å²) in [6.07, 6.45) is 4.55. The van der Waals surface area contributed by atoms with Crippen molar-refractivity contribution in [3.05, 3.63) is 65.6 Å². The van der Waals surface area contributed by atoms with E-state index in [0.717, 1.165) is 36.1 Å². The molecule has 0 spiro atoms. The number of imidazole rings is 1. The zero-order valence-corrected chi connectivity index (χ0v) is 28.7. The van der Waals surface area contributed by atoms with E-state index in [0.29, 0.717) is 23.0 Å². The predicted octanol–water partition coefficient (Wildman–Crippen LogP) is 6.03. The van der Waals surface area contributed by atoms with Crippen molar-refractivity contribution >= 4 is 29.7 Å². The van der Waals surface area contributed by atoms with Crippen molar-refractivity contribution < 1.29 is 33.4 Å². The van der Waals surface area contributed by atoms with Gasteiger partial charge in [0.25, 0.3) is 0 Å². The molecule has 1 saturated carbocycles. The van der Waals surface area contributed by atoms with Crippen LogP contribution in [0, 0.1) is 23.2 Å². The summed E-state index contributed by atoms with van der Waals surface area (Å²) in [4.78, 5) is 59.3. The Kier molecular flexibility index (Phi) is 10.4. The predicted molar refractivity (Wildman–Crippen MR) is 176 cm³/mol. The van der Waals surface area contributed by atoms with Gasteiger partial charge in [-0.05, 0) is 75.5 Å². The molecule has 2 aliphatic rings. The number of hydrogen-bond donors (Lipinski definition) is 1. The Balaban J connectivity index is 1.41. The van der Waals surface area contributed by atoms with E-state index in [1.54, 1.807) is 43.6 Å². The summed E-state index contributed by atoms with van der Waals surface area (Å²) in [5.41, 5.74) is 0.0504. The van der Waals surface area contributed by atoms with Crippen LogP contribution in [0.4, 0.5) is 9.59 Å². The summed E-state index contributed by atoms with van der Waals surface area (Å²) in [6, 6.07) is 12.6. The number of aromatic nitrogens is 3. The highest BCUT2D eigenvalue weighted by Crippen LogP contribution is 2.40. The average Bonchev–Trinajstić information content (AvgIpc) is 3.47. The topological polar surface area (TPSA) is 141 Å². The molecule has 0 bridgehead atoms. The Morgan fingerprint density at radius 2 is 1.73 bits per heavy atom. The maximum atomic E-state index is 14.0.